The minimum atomic E-state index is -1.30. The van der Waals surface area contributed by atoms with Crippen LogP contribution in [0.5, 0.6) is 11.5 Å². The average Bonchev–Trinajstić information content (AvgIpc) is 2.91. The van der Waals surface area contributed by atoms with Gasteiger partial charge in [-0.15, -0.1) is 0 Å². The summed E-state index contributed by atoms with van der Waals surface area (Å²) < 4.78 is 11.1. The maximum Gasteiger partial charge on any atom is 0.414 e. The van der Waals surface area contributed by atoms with Crippen LogP contribution in [-0.4, -0.2) is 39.5 Å². The van der Waals surface area contributed by atoms with E-state index in [9.17, 15) is 19.8 Å². The molecule has 2 N–H and O–H groups in total. The molecule has 3 aromatic carbocycles. The molecular formula is C28H26N2O6S. The minimum Gasteiger partial charge on any atom is -0.497 e. The van der Waals surface area contributed by atoms with Crippen LogP contribution in [0.1, 0.15) is 29.7 Å². The summed E-state index contributed by atoms with van der Waals surface area (Å²) in [6.45, 7) is 1.90. The van der Waals surface area contributed by atoms with Crippen LogP contribution in [0.15, 0.2) is 95.1 Å². The first-order valence-corrected chi connectivity index (χ1v) is 12.4. The Bertz CT molecular complexity index is 1340. The highest BCUT2D eigenvalue weighted by atomic mass is 32.2. The Morgan fingerprint density at radius 1 is 0.946 bits per heavy atom. The molecule has 1 aliphatic heterocycles. The van der Waals surface area contributed by atoms with E-state index in [1.54, 1.807) is 38.3 Å². The number of rotatable bonds is 8. The fourth-order valence-electron chi connectivity index (χ4n) is 3.96. The molecule has 0 aromatic heterocycles. The number of methoxy groups -OCH3 is 1. The molecular weight excluding hydrogens is 492 g/mol. The van der Waals surface area contributed by atoms with Crippen LogP contribution in [0.25, 0.3) is 0 Å². The molecule has 1 atom stereocenters. The maximum absolute atomic E-state index is 12.5. The zero-order valence-electron chi connectivity index (χ0n) is 20.3. The monoisotopic (exact) mass is 518 g/mol. The van der Waals surface area contributed by atoms with E-state index in [0.29, 0.717) is 23.7 Å². The number of amides is 1. The largest absolute Gasteiger partial charge is 0.497 e. The van der Waals surface area contributed by atoms with E-state index >= 15 is 0 Å². The summed E-state index contributed by atoms with van der Waals surface area (Å²) in [5.74, 6) is 0.432. The quantitative estimate of drug-likeness (QED) is 0.379. The van der Waals surface area contributed by atoms with Gasteiger partial charge in [0.25, 0.3) is 0 Å². The highest BCUT2D eigenvalue weighted by Gasteiger charge is 2.39. The number of allylic oxidation sites excluding steroid dienone is 1. The van der Waals surface area contributed by atoms with Crippen molar-refractivity contribution in [2.75, 3.05) is 7.11 Å². The van der Waals surface area contributed by atoms with Crippen molar-refractivity contribution >= 4 is 29.0 Å². The lowest BCUT2D eigenvalue weighted by Gasteiger charge is -2.34. The molecule has 0 saturated carbocycles. The number of carbonyl (C=O) groups is 2. The van der Waals surface area contributed by atoms with Gasteiger partial charge < -0.3 is 19.7 Å². The first-order valence-electron chi connectivity index (χ1n) is 11.4. The van der Waals surface area contributed by atoms with Crippen molar-refractivity contribution in [1.82, 2.24) is 4.90 Å². The van der Waals surface area contributed by atoms with Gasteiger partial charge >= 0.3 is 12.1 Å². The lowest BCUT2D eigenvalue weighted by molar-refractivity contribution is -0.133. The van der Waals surface area contributed by atoms with E-state index in [4.69, 9.17) is 9.47 Å². The number of thioether (sulfide) groups is 1. The molecule has 1 unspecified atom stereocenters. The van der Waals surface area contributed by atoms with Gasteiger partial charge in [0, 0.05) is 5.75 Å². The Kier molecular flexibility index (Phi) is 8.15. The fraction of sp³-hybridized carbons (Fsp3) is 0.179. The maximum atomic E-state index is 12.5. The molecule has 8 nitrogen and oxygen atoms in total. The third-order valence-electron chi connectivity index (χ3n) is 5.78. The number of aliphatic imine (C=N–C) groups is 1. The molecule has 1 aliphatic rings. The number of ether oxygens (including phenoxy) is 2. The van der Waals surface area contributed by atoms with E-state index in [0.717, 1.165) is 21.8 Å². The molecule has 9 heteroatoms. The molecule has 3 aromatic rings. The second-order valence-electron chi connectivity index (χ2n) is 8.24. The van der Waals surface area contributed by atoms with Gasteiger partial charge in [-0.2, -0.15) is 0 Å². The van der Waals surface area contributed by atoms with E-state index in [1.165, 1.54) is 11.8 Å². The van der Waals surface area contributed by atoms with Gasteiger partial charge in [-0.3, -0.25) is 0 Å². The van der Waals surface area contributed by atoms with Crippen LogP contribution in [0.4, 0.5) is 4.79 Å². The van der Waals surface area contributed by atoms with Gasteiger partial charge in [0.15, 0.2) is 5.17 Å². The molecule has 1 heterocycles. The van der Waals surface area contributed by atoms with Crippen LogP contribution in [-0.2, 0) is 17.2 Å². The van der Waals surface area contributed by atoms with Crippen molar-refractivity contribution in [3.8, 4) is 11.5 Å². The molecule has 37 heavy (non-hydrogen) atoms. The Morgan fingerprint density at radius 2 is 1.68 bits per heavy atom. The fourth-order valence-corrected chi connectivity index (χ4v) is 4.97. The lowest BCUT2D eigenvalue weighted by Crippen LogP contribution is -2.42. The molecule has 190 valence electrons. The first-order chi connectivity index (χ1) is 17.9. The third kappa shape index (κ3) is 6.13. The zero-order valence-corrected chi connectivity index (χ0v) is 21.1. The highest BCUT2D eigenvalue weighted by molar-refractivity contribution is 8.13. The normalized spacial score (nSPS) is 15.2. The van der Waals surface area contributed by atoms with Crippen molar-refractivity contribution in [2.24, 2.45) is 4.99 Å². The number of carboxylic acid groups (broad SMARTS) is 2. The van der Waals surface area contributed by atoms with E-state index in [-0.39, 0.29) is 16.4 Å². The smallest absolute Gasteiger partial charge is 0.414 e. The average molecular weight is 519 g/mol. The summed E-state index contributed by atoms with van der Waals surface area (Å²) in [5.41, 5.74) is 2.54. The van der Waals surface area contributed by atoms with Gasteiger partial charge in [0.05, 0.1) is 18.4 Å². The van der Waals surface area contributed by atoms with Crippen LogP contribution < -0.4 is 9.47 Å². The molecule has 0 radical (unpaired) electrons. The molecule has 1 amide bonds. The van der Waals surface area contributed by atoms with Crippen molar-refractivity contribution < 1.29 is 29.3 Å². The van der Waals surface area contributed by atoms with Crippen LogP contribution >= 0.6 is 11.8 Å². The Hall–Kier alpha value is -4.24. The summed E-state index contributed by atoms with van der Waals surface area (Å²) >= 11 is 1.22. The van der Waals surface area contributed by atoms with Crippen molar-refractivity contribution in [3.05, 3.63) is 107 Å². The van der Waals surface area contributed by atoms with Crippen LogP contribution in [0.3, 0.4) is 0 Å². The lowest BCUT2D eigenvalue weighted by atomic mass is 9.95. The number of carboxylic acids is 1. The molecule has 0 fully saturated rings. The van der Waals surface area contributed by atoms with Gasteiger partial charge in [0.1, 0.15) is 24.1 Å². The van der Waals surface area contributed by atoms with Crippen LogP contribution in [0, 0.1) is 0 Å². The van der Waals surface area contributed by atoms with Crippen molar-refractivity contribution in [1.29, 1.82) is 0 Å². The SMILES string of the molecule is COc1ccc(CSC2=NC(C)=C(C(=O)O)C(c3cccc(OCc4ccccc4)c3)N2C(=O)O)cc1. The summed E-state index contributed by atoms with van der Waals surface area (Å²) in [5, 5.41) is 20.4. The Labute approximate surface area is 218 Å². The molecule has 0 spiro atoms. The van der Waals surface area contributed by atoms with Gasteiger partial charge in [-0.1, -0.05) is 66.4 Å². The standard InChI is InChI=1S/C28H26N2O6S/c1-18-24(26(31)32)25(21-9-6-10-23(15-21)36-16-19-7-4-3-5-8-19)30(28(33)34)27(29-18)37-17-20-11-13-22(35-2)14-12-20/h3-15,25H,16-17H2,1-2H3,(H,31,32)(H,33,34). The topological polar surface area (TPSA) is 109 Å². The Morgan fingerprint density at radius 3 is 2.32 bits per heavy atom. The van der Waals surface area contributed by atoms with Crippen molar-refractivity contribution in [3.63, 3.8) is 0 Å². The predicted octanol–water partition coefficient (Wildman–Crippen LogP) is 5.96. The van der Waals surface area contributed by atoms with Crippen molar-refractivity contribution in [2.45, 2.75) is 25.3 Å². The van der Waals surface area contributed by atoms with Gasteiger partial charge in [-0.25, -0.2) is 19.5 Å². The number of hydrogen-bond acceptors (Lipinski definition) is 6. The number of nitrogens with zero attached hydrogens (tertiary/aromatic N) is 2. The highest BCUT2D eigenvalue weighted by Crippen LogP contribution is 2.39. The second kappa shape index (κ2) is 11.7. The second-order valence-corrected chi connectivity index (χ2v) is 9.18. The summed E-state index contributed by atoms with van der Waals surface area (Å²) in [7, 11) is 1.59. The molecule has 4 rings (SSSR count). The number of aliphatic carboxylic acids is 1. The predicted molar refractivity (Wildman–Crippen MR) is 142 cm³/mol. The molecule has 0 saturated heterocycles. The summed E-state index contributed by atoms with van der Waals surface area (Å²) in [6, 6.07) is 22.8. The van der Waals surface area contributed by atoms with E-state index in [2.05, 4.69) is 4.99 Å². The first kappa shape index (κ1) is 25.8. The van der Waals surface area contributed by atoms with E-state index < -0.39 is 18.1 Å². The van der Waals surface area contributed by atoms with Gasteiger partial charge in [0.2, 0.25) is 0 Å². The zero-order chi connectivity index (χ0) is 26.4. The molecule has 0 bridgehead atoms. The minimum absolute atomic E-state index is 0.101. The molecule has 0 aliphatic carbocycles. The summed E-state index contributed by atoms with van der Waals surface area (Å²) in [4.78, 5) is 30.1. The van der Waals surface area contributed by atoms with Crippen LogP contribution in [0.2, 0.25) is 0 Å². The number of benzene rings is 3. The Balaban J connectivity index is 1.64. The third-order valence-corrected chi connectivity index (χ3v) is 6.80. The van der Waals surface area contributed by atoms with E-state index in [1.807, 2.05) is 54.6 Å². The number of amidine groups is 1. The number of hydrogen-bond donors (Lipinski definition) is 2. The van der Waals surface area contributed by atoms with Gasteiger partial charge in [-0.05, 0) is 47.9 Å². The summed E-state index contributed by atoms with van der Waals surface area (Å²) in [6.07, 6.45) is -1.30.